The highest BCUT2D eigenvalue weighted by Gasteiger charge is 2.20. The zero-order valence-corrected chi connectivity index (χ0v) is 8.91. The number of piperazine rings is 1. The zero-order chi connectivity index (χ0) is 10.7. The average molecular weight is 209 g/mol. The molecule has 0 spiro atoms. The summed E-state index contributed by atoms with van der Waals surface area (Å²) in [6.45, 7) is 5.93. The maximum absolute atomic E-state index is 13.4. The standard InChI is InChI=1S/C11H16FN3/c1-9(15-7-5-13-6-8-15)10-3-2-4-14-11(10)12/h2-4,9,13H,5-8H2,1H3/t9-/m1/s1. The van der Waals surface area contributed by atoms with Crippen LogP contribution < -0.4 is 5.32 Å². The van der Waals surface area contributed by atoms with Crippen LogP contribution in [0.2, 0.25) is 0 Å². The van der Waals surface area contributed by atoms with Crippen LogP contribution in [0.1, 0.15) is 18.5 Å². The third-order valence-electron chi connectivity index (χ3n) is 2.94. The first-order chi connectivity index (χ1) is 7.29. The molecule has 1 aromatic rings. The van der Waals surface area contributed by atoms with Crippen molar-refractivity contribution in [3.63, 3.8) is 0 Å². The maximum Gasteiger partial charge on any atom is 0.217 e. The van der Waals surface area contributed by atoms with Crippen LogP contribution in [0.3, 0.4) is 0 Å². The summed E-state index contributed by atoms with van der Waals surface area (Å²) in [7, 11) is 0. The van der Waals surface area contributed by atoms with Crippen LogP contribution in [-0.2, 0) is 0 Å². The van der Waals surface area contributed by atoms with E-state index in [4.69, 9.17) is 0 Å². The summed E-state index contributed by atoms with van der Waals surface area (Å²) in [5.41, 5.74) is 0.694. The minimum Gasteiger partial charge on any atom is -0.314 e. The fourth-order valence-electron chi connectivity index (χ4n) is 1.98. The number of halogens is 1. The van der Waals surface area contributed by atoms with Gasteiger partial charge in [-0.05, 0) is 13.0 Å². The molecular weight excluding hydrogens is 193 g/mol. The van der Waals surface area contributed by atoms with Gasteiger partial charge >= 0.3 is 0 Å². The molecule has 4 heteroatoms. The monoisotopic (exact) mass is 209 g/mol. The van der Waals surface area contributed by atoms with Gasteiger partial charge in [-0.25, -0.2) is 4.98 Å². The molecule has 0 saturated carbocycles. The Bertz CT molecular complexity index is 323. The molecule has 1 aliphatic heterocycles. The Kier molecular flexibility index (Phi) is 3.28. The van der Waals surface area contributed by atoms with Crippen LogP contribution in [-0.4, -0.2) is 36.1 Å². The zero-order valence-electron chi connectivity index (χ0n) is 8.91. The molecule has 82 valence electrons. The number of nitrogens with zero attached hydrogens (tertiary/aromatic N) is 2. The molecule has 15 heavy (non-hydrogen) atoms. The topological polar surface area (TPSA) is 28.2 Å². The number of rotatable bonds is 2. The van der Waals surface area contributed by atoms with E-state index in [0.717, 1.165) is 26.2 Å². The summed E-state index contributed by atoms with van der Waals surface area (Å²) < 4.78 is 13.4. The predicted molar refractivity (Wildman–Crippen MR) is 57.1 cm³/mol. The second-order valence-corrected chi connectivity index (χ2v) is 3.85. The van der Waals surface area contributed by atoms with E-state index in [1.807, 2.05) is 13.0 Å². The minimum absolute atomic E-state index is 0.112. The quantitative estimate of drug-likeness (QED) is 0.741. The molecule has 1 aliphatic rings. The highest BCUT2D eigenvalue weighted by molar-refractivity contribution is 5.15. The summed E-state index contributed by atoms with van der Waals surface area (Å²) in [6.07, 6.45) is 1.49. The van der Waals surface area contributed by atoms with Gasteiger partial charge in [0.15, 0.2) is 0 Å². The van der Waals surface area contributed by atoms with Crippen LogP contribution in [0.25, 0.3) is 0 Å². The molecule has 2 rings (SSSR count). The van der Waals surface area contributed by atoms with Gasteiger partial charge in [0.2, 0.25) is 5.95 Å². The van der Waals surface area contributed by atoms with Gasteiger partial charge in [-0.1, -0.05) is 6.07 Å². The average Bonchev–Trinajstić information content (AvgIpc) is 2.30. The van der Waals surface area contributed by atoms with Gasteiger partial charge in [-0.15, -0.1) is 0 Å². The minimum atomic E-state index is -0.344. The lowest BCUT2D eigenvalue weighted by molar-refractivity contribution is 0.181. The number of hydrogen-bond acceptors (Lipinski definition) is 3. The number of aromatic nitrogens is 1. The molecule has 0 amide bonds. The van der Waals surface area contributed by atoms with Crippen molar-refractivity contribution in [3.8, 4) is 0 Å². The van der Waals surface area contributed by atoms with E-state index < -0.39 is 0 Å². The van der Waals surface area contributed by atoms with Crippen molar-refractivity contribution in [3.05, 3.63) is 29.8 Å². The van der Waals surface area contributed by atoms with Crippen LogP contribution in [0.15, 0.2) is 18.3 Å². The molecule has 1 N–H and O–H groups in total. The molecule has 3 nitrogen and oxygen atoms in total. The van der Waals surface area contributed by atoms with Gasteiger partial charge < -0.3 is 5.32 Å². The summed E-state index contributed by atoms with van der Waals surface area (Å²) in [5.74, 6) is -0.344. The fraction of sp³-hybridized carbons (Fsp3) is 0.545. The Balaban J connectivity index is 2.12. The summed E-state index contributed by atoms with van der Waals surface area (Å²) in [4.78, 5) is 5.96. The first kappa shape index (κ1) is 10.5. The smallest absolute Gasteiger partial charge is 0.217 e. The van der Waals surface area contributed by atoms with Gasteiger partial charge in [0, 0.05) is 44.0 Å². The molecule has 0 unspecified atom stereocenters. The number of hydrogen-bond donors (Lipinski definition) is 1. The largest absolute Gasteiger partial charge is 0.314 e. The Labute approximate surface area is 89.3 Å². The van der Waals surface area contributed by atoms with Gasteiger partial charge in [0.05, 0.1) is 0 Å². The molecule has 1 atom stereocenters. The normalized spacial score (nSPS) is 20.1. The molecule has 0 bridgehead atoms. The molecule has 1 aromatic heterocycles. The van der Waals surface area contributed by atoms with E-state index in [9.17, 15) is 4.39 Å². The van der Waals surface area contributed by atoms with Gasteiger partial charge in [0.25, 0.3) is 0 Å². The molecule has 1 fully saturated rings. The van der Waals surface area contributed by atoms with E-state index in [-0.39, 0.29) is 12.0 Å². The van der Waals surface area contributed by atoms with Crippen LogP contribution >= 0.6 is 0 Å². The second-order valence-electron chi connectivity index (χ2n) is 3.85. The third kappa shape index (κ3) is 2.33. The molecule has 0 aliphatic carbocycles. The lowest BCUT2D eigenvalue weighted by atomic mass is 10.1. The molecular formula is C11H16FN3. The van der Waals surface area contributed by atoms with E-state index in [1.165, 1.54) is 6.20 Å². The van der Waals surface area contributed by atoms with Crippen molar-refractivity contribution in [2.45, 2.75) is 13.0 Å². The van der Waals surface area contributed by atoms with E-state index >= 15 is 0 Å². The Hall–Kier alpha value is -1.00. The highest BCUT2D eigenvalue weighted by atomic mass is 19.1. The Morgan fingerprint density at radius 1 is 1.47 bits per heavy atom. The number of pyridine rings is 1. The Morgan fingerprint density at radius 2 is 2.20 bits per heavy atom. The lowest BCUT2D eigenvalue weighted by Gasteiger charge is -2.32. The summed E-state index contributed by atoms with van der Waals surface area (Å²) in [5, 5.41) is 3.28. The molecule has 0 aromatic carbocycles. The van der Waals surface area contributed by atoms with Crippen molar-refractivity contribution in [2.24, 2.45) is 0 Å². The number of nitrogens with one attached hydrogen (secondary N) is 1. The second kappa shape index (κ2) is 4.68. The summed E-state index contributed by atoms with van der Waals surface area (Å²) in [6, 6.07) is 3.72. The lowest BCUT2D eigenvalue weighted by Crippen LogP contribution is -2.44. The van der Waals surface area contributed by atoms with Crippen molar-refractivity contribution in [2.75, 3.05) is 26.2 Å². The summed E-state index contributed by atoms with van der Waals surface area (Å²) >= 11 is 0. The van der Waals surface area contributed by atoms with Gasteiger partial charge in [-0.3, -0.25) is 4.90 Å². The van der Waals surface area contributed by atoms with Gasteiger partial charge in [-0.2, -0.15) is 4.39 Å². The van der Waals surface area contributed by atoms with Crippen molar-refractivity contribution < 1.29 is 4.39 Å². The van der Waals surface area contributed by atoms with Crippen molar-refractivity contribution in [1.29, 1.82) is 0 Å². The van der Waals surface area contributed by atoms with Crippen LogP contribution in [0.5, 0.6) is 0 Å². The fourth-order valence-corrected chi connectivity index (χ4v) is 1.98. The predicted octanol–water partition coefficient (Wildman–Crippen LogP) is 1.19. The van der Waals surface area contributed by atoms with E-state index in [1.54, 1.807) is 6.07 Å². The van der Waals surface area contributed by atoms with Crippen LogP contribution in [0.4, 0.5) is 4.39 Å². The molecule has 2 heterocycles. The molecule has 1 saturated heterocycles. The Morgan fingerprint density at radius 3 is 2.87 bits per heavy atom. The van der Waals surface area contributed by atoms with Crippen LogP contribution in [0, 0.1) is 5.95 Å². The third-order valence-corrected chi connectivity index (χ3v) is 2.94. The molecule has 0 radical (unpaired) electrons. The highest BCUT2D eigenvalue weighted by Crippen LogP contribution is 2.21. The maximum atomic E-state index is 13.4. The van der Waals surface area contributed by atoms with E-state index in [0.29, 0.717) is 5.56 Å². The van der Waals surface area contributed by atoms with E-state index in [2.05, 4.69) is 15.2 Å². The van der Waals surface area contributed by atoms with Gasteiger partial charge in [0.1, 0.15) is 0 Å². The first-order valence-corrected chi connectivity index (χ1v) is 5.34. The van der Waals surface area contributed by atoms with Crippen molar-refractivity contribution in [1.82, 2.24) is 15.2 Å². The first-order valence-electron chi connectivity index (χ1n) is 5.34. The SMILES string of the molecule is C[C@H](c1cccnc1F)N1CCNCC1. The van der Waals surface area contributed by atoms with Crippen molar-refractivity contribution >= 4 is 0 Å².